The highest BCUT2D eigenvalue weighted by atomic mass is 32.2. The third-order valence-corrected chi connectivity index (χ3v) is 11.9. The smallest absolute Gasteiger partial charge is 0.272 e. The van der Waals surface area contributed by atoms with E-state index in [9.17, 15) is 17.8 Å². The lowest BCUT2D eigenvalue weighted by molar-refractivity contribution is -0.642. The Bertz CT molecular complexity index is 2390. The Balaban J connectivity index is 0.000000276. The molecule has 228 valence electrons. The van der Waals surface area contributed by atoms with Crippen LogP contribution in [0, 0.1) is 6.92 Å². The molecule has 7 rings (SSSR count). The van der Waals surface area contributed by atoms with E-state index in [0.29, 0.717) is 6.54 Å². The van der Waals surface area contributed by atoms with Gasteiger partial charge in [-0.05, 0) is 36.6 Å². The van der Waals surface area contributed by atoms with E-state index in [1.165, 1.54) is 43.7 Å². The number of para-hydroxylation sites is 1. The van der Waals surface area contributed by atoms with Gasteiger partial charge in [-0.25, -0.2) is 8.42 Å². The number of aryl methyl sites for hydroxylation is 2. The van der Waals surface area contributed by atoms with Crippen molar-refractivity contribution < 1.29 is 17.5 Å². The number of thiazole rings is 2. The van der Waals surface area contributed by atoms with E-state index in [-0.39, 0.29) is 10.5 Å². The molecule has 4 aromatic carbocycles. The van der Waals surface area contributed by atoms with Gasteiger partial charge in [0.2, 0.25) is 5.52 Å². The molecule has 0 radical (unpaired) electrons. The van der Waals surface area contributed by atoms with Crippen LogP contribution in [0.5, 0.6) is 0 Å². The number of nitrogens with zero attached hydrogens (tertiary/aromatic N) is 3. The van der Waals surface area contributed by atoms with Crippen molar-refractivity contribution in [3.8, 4) is 0 Å². The maximum Gasteiger partial charge on any atom is 0.272 e. The zero-order valence-electron chi connectivity index (χ0n) is 24.8. The Hall–Kier alpha value is -4.00. The Kier molecular flexibility index (Phi) is 8.55. The Morgan fingerprint density at radius 1 is 0.956 bits per heavy atom. The molecule has 3 heterocycles. The van der Waals surface area contributed by atoms with Gasteiger partial charge in [0, 0.05) is 29.9 Å². The number of benzene rings is 4. The van der Waals surface area contributed by atoms with Gasteiger partial charge in [-0.15, -0.1) is 17.9 Å². The fraction of sp³-hybridized carbons (Fsp3) is 0.118. The number of fused-ring (bicyclic) bond motifs is 4. The van der Waals surface area contributed by atoms with Gasteiger partial charge < -0.3 is 9.45 Å². The summed E-state index contributed by atoms with van der Waals surface area (Å²) in [6, 6.07) is 26.9. The van der Waals surface area contributed by atoms with Gasteiger partial charge in [-0.1, -0.05) is 89.3 Å². The van der Waals surface area contributed by atoms with E-state index >= 15 is 0 Å². The number of hydrogen-bond acceptors (Lipinski definition) is 8. The standard InChI is InChI=1S/C27H22N3OS3.C7H8O3S/c1-4-15-30-23(16-22-28(2)19-11-7-8-12-20(19)32-22)34-25(26(30)31)27-29(3)24-18-10-6-5-9-17(18)13-14-21(24)33-27;1-6-2-4-7(5-3-6)11(8,9)10/h4-14,16H,1,15H2,2-3H3;2-5H,1H3,(H,8,9,10)/q+1;/p-1/b27-25-;. The molecule has 6 aromatic rings. The number of aromatic nitrogens is 2. The van der Waals surface area contributed by atoms with Crippen molar-refractivity contribution in [2.75, 3.05) is 11.9 Å². The zero-order chi connectivity index (χ0) is 31.9. The monoisotopic (exact) mass is 671 g/mol. The molecule has 0 N–H and O–H groups in total. The van der Waals surface area contributed by atoms with Gasteiger partial charge in [0.15, 0.2) is 0 Å². The highest BCUT2D eigenvalue weighted by molar-refractivity contribution is 8.08. The second kappa shape index (κ2) is 12.4. The van der Waals surface area contributed by atoms with Gasteiger partial charge in [0.25, 0.3) is 10.6 Å². The molecule has 0 amide bonds. The number of allylic oxidation sites excluding steroid dienone is 1. The minimum Gasteiger partial charge on any atom is -0.744 e. The zero-order valence-corrected chi connectivity index (χ0v) is 28.0. The van der Waals surface area contributed by atoms with Crippen molar-refractivity contribution >= 4 is 82.3 Å². The van der Waals surface area contributed by atoms with Gasteiger partial charge >= 0.3 is 0 Å². The van der Waals surface area contributed by atoms with E-state index in [4.69, 9.17) is 0 Å². The van der Waals surface area contributed by atoms with Gasteiger partial charge in [-0.2, -0.15) is 4.57 Å². The van der Waals surface area contributed by atoms with Crippen molar-refractivity contribution in [1.29, 1.82) is 0 Å². The third kappa shape index (κ3) is 6.01. The molecule has 2 aromatic heterocycles. The predicted molar refractivity (Wildman–Crippen MR) is 185 cm³/mol. The van der Waals surface area contributed by atoms with Crippen LogP contribution in [0.2, 0.25) is 0 Å². The maximum atomic E-state index is 13.6. The average Bonchev–Trinajstić information content (AvgIpc) is 3.64. The molecular weight excluding hydrogens is 643 g/mol. The van der Waals surface area contributed by atoms with E-state index in [0.717, 1.165) is 24.8 Å². The topological polar surface area (TPSA) is 86.3 Å². The third-order valence-electron chi connectivity index (χ3n) is 7.46. The molecule has 1 aliphatic heterocycles. The first-order valence-electron chi connectivity index (χ1n) is 14.0. The SMILES string of the molecule is C=CCn1c(=O)/c(=C2/Sc3ccc4ccccc4c3N2C)s/c1=C\c1sc2ccccc2[n+]1C.Cc1ccc(S(=O)(=O)[O-])cc1. The summed E-state index contributed by atoms with van der Waals surface area (Å²) < 4.78 is 38.1. The largest absolute Gasteiger partial charge is 0.744 e. The fourth-order valence-electron chi connectivity index (χ4n) is 5.16. The molecule has 0 saturated carbocycles. The Morgan fingerprint density at radius 3 is 2.38 bits per heavy atom. The predicted octanol–water partition coefficient (Wildman–Crippen LogP) is 5.32. The maximum absolute atomic E-state index is 13.6. The molecule has 7 nitrogen and oxygen atoms in total. The number of anilines is 1. The van der Waals surface area contributed by atoms with Crippen LogP contribution >= 0.6 is 34.4 Å². The normalized spacial score (nSPS) is 14.5. The minimum atomic E-state index is -4.27. The Labute approximate surface area is 273 Å². The van der Waals surface area contributed by atoms with Crippen LogP contribution in [-0.4, -0.2) is 24.6 Å². The van der Waals surface area contributed by atoms with Crippen molar-refractivity contribution in [3.05, 3.63) is 128 Å². The lowest BCUT2D eigenvalue weighted by Gasteiger charge is -2.15. The van der Waals surface area contributed by atoms with Crippen LogP contribution in [0.4, 0.5) is 5.69 Å². The van der Waals surface area contributed by atoms with Crippen LogP contribution in [0.15, 0.2) is 112 Å². The summed E-state index contributed by atoms with van der Waals surface area (Å²) in [5.74, 6) is 0. The van der Waals surface area contributed by atoms with Crippen LogP contribution in [0.1, 0.15) is 10.6 Å². The second-order valence-corrected chi connectivity index (χ2v) is 15.0. The van der Waals surface area contributed by atoms with Crippen molar-refractivity contribution in [3.63, 3.8) is 0 Å². The first-order chi connectivity index (χ1) is 21.6. The minimum absolute atomic E-state index is 0.0337. The van der Waals surface area contributed by atoms with E-state index in [1.54, 1.807) is 52.6 Å². The van der Waals surface area contributed by atoms with E-state index < -0.39 is 10.1 Å². The summed E-state index contributed by atoms with van der Waals surface area (Å²) in [6.45, 7) is 6.19. The molecule has 0 aliphatic carbocycles. The average molecular weight is 672 g/mol. The summed E-state index contributed by atoms with van der Waals surface area (Å²) in [6.07, 6.45) is 3.92. The number of hydrogen-bond donors (Lipinski definition) is 0. The molecule has 0 unspecified atom stereocenters. The van der Waals surface area contributed by atoms with Gasteiger partial charge in [0.1, 0.15) is 36.1 Å². The number of thioether (sulfide) groups is 1. The molecule has 0 bridgehead atoms. The summed E-state index contributed by atoms with van der Waals surface area (Å²) >= 11 is 4.97. The first-order valence-corrected chi connectivity index (χ1v) is 17.8. The lowest BCUT2D eigenvalue weighted by Crippen LogP contribution is -2.34. The fourth-order valence-corrected chi connectivity index (χ4v) is 9.21. The van der Waals surface area contributed by atoms with Gasteiger partial charge in [-0.3, -0.25) is 9.36 Å². The molecule has 1 aliphatic rings. The van der Waals surface area contributed by atoms with E-state index in [1.807, 2.05) is 11.5 Å². The molecular formula is C34H29N3O4S4. The van der Waals surface area contributed by atoms with Crippen molar-refractivity contribution in [1.82, 2.24) is 4.57 Å². The Morgan fingerprint density at radius 2 is 1.67 bits per heavy atom. The quantitative estimate of drug-likeness (QED) is 0.143. The van der Waals surface area contributed by atoms with Crippen molar-refractivity contribution in [2.45, 2.75) is 23.3 Å². The van der Waals surface area contributed by atoms with Crippen molar-refractivity contribution in [2.24, 2.45) is 7.05 Å². The van der Waals surface area contributed by atoms with Crippen LogP contribution in [-0.2, 0) is 23.7 Å². The molecule has 0 spiro atoms. The highest BCUT2D eigenvalue weighted by Gasteiger charge is 2.27. The molecule has 0 saturated heterocycles. The molecule has 0 atom stereocenters. The van der Waals surface area contributed by atoms with Crippen LogP contribution in [0.25, 0.3) is 32.1 Å². The summed E-state index contributed by atoms with van der Waals surface area (Å²) in [7, 11) is -0.131. The lowest BCUT2D eigenvalue weighted by atomic mass is 10.1. The molecule has 45 heavy (non-hydrogen) atoms. The van der Waals surface area contributed by atoms with Crippen LogP contribution in [0.3, 0.4) is 0 Å². The second-order valence-electron chi connectivity index (χ2n) is 10.5. The summed E-state index contributed by atoms with van der Waals surface area (Å²) in [4.78, 5) is 16.8. The highest BCUT2D eigenvalue weighted by Crippen LogP contribution is 2.48. The van der Waals surface area contributed by atoms with Crippen LogP contribution < -0.4 is 24.2 Å². The molecule has 11 heteroatoms. The first kappa shape index (κ1) is 31.0. The summed E-state index contributed by atoms with van der Waals surface area (Å²) in [5.41, 5.74) is 3.32. The number of rotatable bonds is 4. The molecule has 0 fully saturated rings. The van der Waals surface area contributed by atoms with E-state index in [2.05, 4.69) is 96.9 Å². The summed E-state index contributed by atoms with van der Waals surface area (Å²) in [5, 5.41) is 4.51. The van der Waals surface area contributed by atoms with Gasteiger partial charge in [0.05, 0.1) is 16.7 Å².